The summed E-state index contributed by atoms with van der Waals surface area (Å²) >= 11 is 10.0. The molecule has 27 heavy (non-hydrogen) atoms. The summed E-state index contributed by atoms with van der Waals surface area (Å²) < 4.78 is 4.28. The number of alkyl halides is 2. The molecule has 2 aromatic rings. The third kappa shape index (κ3) is 8.21. The molecule has 0 radical (unpaired) electrons. The zero-order valence-corrected chi connectivity index (χ0v) is 18.4. The molecule has 0 unspecified atom stereocenters. The van der Waals surface area contributed by atoms with Gasteiger partial charge in [0.2, 0.25) is 5.02 Å². The van der Waals surface area contributed by atoms with Crippen LogP contribution in [0.2, 0.25) is 0 Å². The molecule has 0 heterocycles. The number of carbonyl (C=O) groups is 1. The van der Waals surface area contributed by atoms with E-state index in [4.69, 9.17) is 23.2 Å². The van der Waals surface area contributed by atoms with Gasteiger partial charge in [-0.25, -0.2) is 0 Å². The van der Waals surface area contributed by atoms with Gasteiger partial charge in [0.1, 0.15) is 11.5 Å². The fourth-order valence-electron chi connectivity index (χ4n) is 2.54. The first-order valence-electron chi connectivity index (χ1n) is 8.28. The van der Waals surface area contributed by atoms with Gasteiger partial charge in [-0.3, -0.25) is 4.79 Å². The molecule has 2 rings (SSSR count). The molecular weight excluding hydrogens is 387 g/mol. The Labute approximate surface area is 171 Å². The van der Waals surface area contributed by atoms with Crippen LogP contribution in [-0.2, 0) is 4.74 Å². The first kappa shape index (κ1) is 25.2. The number of benzene rings is 2. The first-order valence-corrected chi connectivity index (χ1v) is 9.16. The van der Waals surface area contributed by atoms with E-state index >= 15 is 0 Å². The van der Waals surface area contributed by atoms with Gasteiger partial charge in [-0.15, -0.1) is 0 Å². The second-order valence-corrected chi connectivity index (χ2v) is 7.28. The van der Waals surface area contributed by atoms with Crippen molar-refractivity contribution in [2.75, 3.05) is 7.11 Å². The monoisotopic (exact) mass is 414 g/mol. The number of phenolic OH excluding ortho intramolecular Hbond substituents is 2. The average Bonchev–Trinajstić information content (AvgIpc) is 2.59. The van der Waals surface area contributed by atoms with Crippen LogP contribution in [0.3, 0.4) is 0 Å². The molecule has 0 saturated carbocycles. The van der Waals surface area contributed by atoms with E-state index in [9.17, 15) is 15.0 Å². The second kappa shape index (κ2) is 11.9. The highest BCUT2D eigenvalue weighted by atomic mass is 35.5. The van der Waals surface area contributed by atoms with Crippen LogP contribution in [0.4, 0.5) is 0 Å². The lowest BCUT2D eigenvalue weighted by Gasteiger charge is -2.08. The van der Waals surface area contributed by atoms with Crippen LogP contribution >= 0.6 is 23.2 Å². The largest absolute Gasteiger partial charge is 0.507 e. The molecule has 0 aliphatic carbocycles. The van der Waals surface area contributed by atoms with E-state index in [1.807, 2.05) is 52.8 Å². The molecule has 4 nitrogen and oxygen atoms in total. The Morgan fingerprint density at radius 1 is 0.852 bits per heavy atom. The van der Waals surface area contributed by atoms with Gasteiger partial charge in [-0.05, 0) is 63.8 Å². The van der Waals surface area contributed by atoms with Crippen molar-refractivity contribution in [2.45, 2.75) is 46.6 Å². The fourth-order valence-corrected chi connectivity index (χ4v) is 2.54. The normalized spacial score (nSPS) is 9.85. The number of rotatable bonds is 2. The van der Waals surface area contributed by atoms with Crippen molar-refractivity contribution >= 4 is 29.5 Å². The van der Waals surface area contributed by atoms with Crippen molar-refractivity contribution in [2.24, 2.45) is 0 Å². The van der Waals surface area contributed by atoms with Gasteiger partial charge in [0.05, 0.1) is 0 Å². The maximum absolute atomic E-state index is 10.6. The predicted octanol–water partition coefficient (Wildman–Crippen LogP) is 5.84. The molecule has 0 spiro atoms. The van der Waals surface area contributed by atoms with E-state index in [1.165, 1.54) is 12.7 Å². The van der Waals surface area contributed by atoms with E-state index in [0.717, 1.165) is 28.5 Å². The number of hydrogen-bond donors (Lipinski definition) is 2. The molecule has 0 bridgehead atoms. The van der Waals surface area contributed by atoms with Gasteiger partial charge in [-0.2, -0.15) is 0 Å². The molecule has 150 valence electrons. The Kier molecular flexibility index (Phi) is 11.1. The van der Waals surface area contributed by atoms with Crippen LogP contribution in [0.15, 0.2) is 18.2 Å². The molecule has 2 N–H and O–H groups in total. The van der Waals surface area contributed by atoms with Gasteiger partial charge < -0.3 is 14.9 Å². The third-order valence-corrected chi connectivity index (χ3v) is 4.28. The highest BCUT2D eigenvalue weighted by Crippen LogP contribution is 2.26. The van der Waals surface area contributed by atoms with Crippen molar-refractivity contribution in [1.82, 2.24) is 0 Å². The summed E-state index contributed by atoms with van der Waals surface area (Å²) in [5.74, 6) is 0.647. The molecule has 0 fully saturated rings. The summed E-state index contributed by atoms with van der Waals surface area (Å²) in [5, 5.41) is 18.1. The molecule has 0 aromatic heterocycles. The van der Waals surface area contributed by atoms with Crippen LogP contribution in [0.5, 0.6) is 11.5 Å². The number of carbonyl (C=O) groups excluding carboxylic acids is 1. The Hall–Kier alpha value is -1.75. The van der Waals surface area contributed by atoms with Gasteiger partial charge in [0.15, 0.2) is 6.29 Å². The van der Waals surface area contributed by atoms with Crippen molar-refractivity contribution < 1.29 is 19.7 Å². The smallest absolute Gasteiger partial charge is 0.206 e. The van der Waals surface area contributed by atoms with Crippen molar-refractivity contribution in [3.8, 4) is 11.5 Å². The lowest BCUT2D eigenvalue weighted by atomic mass is 10.00. The lowest BCUT2D eigenvalue weighted by molar-refractivity contribution is 0.112. The van der Waals surface area contributed by atoms with E-state index in [2.05, 4.69) is 4.74 Å². The van der Waals surface area contributed by atoms with Crippen molar-refractivity contribution in [3.63, 3.8) is 0 Å². The summed E-state index contributed by atoms with van der Waals surface area (Å²) in [6.45, 7) is 11.3. The number of ether oxygens (including phenoxy) is 1. The van der Waals surface area contributed by atoms with Crippen LogP contribution in [-0.4, -0.2) is 28.6 Å². The van der Waals surface area contributed by atoms with E-state index < -0.39 is 5.02 Å². The van der Waals surface area contributed by atoms with Gasteiger partial charge in [0.25, 0.3) is 0 Å². The molecule has 0 aliphatic heterocycles. The maximum atomic E-state index is 10.6. The molecule has 0 saturated heterocycles. The van der Waals surface area contributed by atoms with Crippen LogP contribution in [0.25, 0.3) is 0 Å². The van der Waals surface area contributed by atoms with E-state index in [1.54, 1.807) is 6.92 Å². The summed E-state index contributed by atoms with van der Waals surface area (Å²) in [6.07, 6.45) is 0.782. The van der Waals surface area contributed by atoms with Gasteiger partial charge >= 0.3 is 0 Å². The summed E-state index contributed by atoms with van der Waals surface area (Å²) in [7, 11) is 1.44. The summed E-state index contributed by atoms with van der Waals surface area (Å²) in [5.41, 5.74) is 6.11. The minimum absolute atomic E-state index is 0.225. The third-order valence-electron chi connectivity index (χ3n) is 3.92. The van der Waals surface area contributed by atoms with Gasteiger partial charge in [-0.1, -0.05) is 47.0 Å². The minimum atomic E-state index is -0.671. The van der Waals surface area contributed by atoms with Crippen LogP contribution in [0.1, 0.15) is 43.7 Å². The number of aromatic hydroxyl groups is 2. The van der Waals surface area contributed by atoms with Crippen molar-refractivity contribution in [1.29, 1.82) is 0 Å². The van der Waals surface area contributed by atoms with Crippen molar-refractivity contribution in [3.05, 3.63) is 57.1 Å². The van der Waals surface area contributed by atoms with Crippen LogP contribution in [0, 0.1) is 41.5 Å². The maximum Gasteiger partial charge on any atom is 0.206 e. The molecule has 2 aromatic carbocycles. The number of hydrogen-bond acceptors (Lipinski definition) is 4. The summed E-state index contributed by atoms with van der Waals surface area (Å²) in [4.78, 5) is 10.6. The first-order chi connectivity index (χ1) is 12.5. The molecule has 0 amide bonds. The average molecular weight is 415 g/mol. The van der Waals surface area contributed by atoms with Gasteiger partial charge in [0, 0.05) is 18.2 Å². The number of methoxy groups -OCH3 is 1. The SMILES string of the molecule is COC(Cl)Cl.Cc1cc(C)c(C=O)c(C)c1O.Cc1cc(C)c(O)c(C)c1. The quantitative estimate of drug-likeness (QED) is 0.478. The highest BCUT2D eigenvalue weighted by Gasteiger charge is 2.08. The molecule has 0 aliphatic rings. The Bertz CT molecular complexity index is 748. The Morgan fingerprint density at radius 3 is 1.63 bits per heavy atom. The zero-order chi connectivity index (χ0) is 21.3. The standard InChI is InChI=1S/C10H12O2.C9H12O.C2H4Cl2O/c1-6-4-7(2)10(12)8(3)9(6)5-11;1-6-4-7(2)9(10)8(3)5-6;1-5-2(3)4/h4-5,12H,1-3H3;4-5,10H,1-3H3;2H,1H3. The topological polar surface area (TPSA) is 66.8 Å². The predicted molar refractivity (Wildman–Crippen MR) is 113 cm³/mol. The van der Waals surface area contributed by atoms with Crippen LogP contribution < -0.4 is 0 Å². The number of phenols is 2. The Morgan fingerprint density at radius 2 is 1.26 bits per heavy atom. The second-order valence-electron chi connectivity index (χ2n) is 6.26. The zero-order valence-electron chi connectivity index (χ0n) is 16.9. The molecular formula is C21H28Cl2O4. The number of halogens is 2. The molecule has 6 heteroatoms. The summed E-state index contributed by atoms with van der Waals surface area (Å²) in [6, 6.07) is 5.76. The number of aryl methyl sites for hydroxylation is 5. The van der Waals surface area contributed by atoms with E-state index in [-0.39, 0.29) is 5.75 Å². The lowest BCUT2D eigenvalue weighted by Crippen LogP contribution is -1.93. The highest BCUT2D eigenvalue weighted by molar-refractivity contribution is 6.43. The Balaban J connectivity index is 0.000000408. The number of aldehydes is 1. The minimum Gasteiger partial charge on any atom is -0.507 e. The fraction of sp³-hybridized carbons (Fsp3) is 0.381. The molecule has 0 atom stereocenters. The van der Waals surface area contributed by atoms with E-state index in [0.29, 0.717) is 16.9 Å².